The number of carbonyl (C=O) groups is 3. The van der Waals surface area contributed by atoms with Gasteiger partial charge in [-0.3, -0.25) is 9.59 Å². The van der Waals surface area contributed by atoms with Crippen LogP contribution < -0.4 is 5.32 Å². The number of halogens is 1. The summed E-state index contributed by atoms with van der Waals surface area (Å²) in [5.41, 5.74) is 1.36. The zero-order chi connectivity index (χ0) is 28.6. The Morgan fingerprint density at radius 2 is 1.90 bits per heavy atom. The van der Waals surface area contributed by atoms with E-state index in [-0.39, 0.29) is 62.9 Å². The third kappa shape index (κ3) is 6.43. The summed E-state index contributed by atoms with van der Waals surface area (Å²) in [4.78, 5) is 43.9. The third-order valence-electron chi connectivity index (χ3n) is 7.43. The van der Waals surface area contributed by atoms with E-state index in [2.05, 4.69) is 11.2 Å². The second kappa shape index (κ2) is 13.4. The van der Waals surface area contributed by atoms with E-state index in [9.17, 15) is 18.8 Å². The molecule has 2 aliphatic rings. The number of terminal acetylenes is 1. The molecule has 1 unspecified atom stereocenters. The Labute approximate surface area is 234 Å². The molecule has 9 nitrogen and oxygen atoms in total. The van der Waals surface area contributed by atoms with Gasteiger partial charge in [-0.25, -0.2) is 14.2 Å². The van der Waals surface area contributed by atoms with E-state index < -0.39 is 18.2 Å². The number of nitrogens with zero attached hydrogens (tertiary/aromatic N) is 4. The number of hydrogen-bond donors (Lipinski definition) is 1. The van der Waals surface area contributed by atoms with Gasteiger partial charge in [0.1, 0.15) is 18.0 Å². The highest BCUT2D eigenvalue weighted by molar-refractivity contribution is 5.91. The standard InChI is InChI=1S/C30H36FN5O4/c1-4-15-34-20-27(37)35-26(36(34)30(39)32-18-23-11-7-6-8-12-23)19-33(29(38)28(35)22(3)5-2)16-17-40-21-24-13-9-10-14-25(24)31/h1,6-14,22,26,28H,5,15-21H2,2-3H3,(H,32,39)/t22?,26-,28-/m0/s1. The van der Waals surface area contributed by atoms with Crippen LogP contribution in [0.15, 0.2) is 54.6 Å². The molecule has 0 aromatic heterocycles. The summed E-state index contributed by atoms with van der Waals surface area (Å²) in [6, 6.07) is 14.7. The fourth-order valence-corrected chi connectivity index (χ4v) is 5.16. The maximum atomic E-state index is 14.0. The number of amides is 4. The molecule has 10 heteroatoms. The first-order chi connectivity index (χ1) is 19.3. The highest BCUT2D eigenvalue weighted by Crippen LogP contribution is 2.30. The molecule has 0 bridgehead atoms. The van der Waals surface area contributed by atoms with Gasteiger partial charge < -0.3 is 19.9 Å². The van der Waals surface area contributed by atoms with Crippen molar-refractivity contribution in [3.8, 4) is 12.3 Å². The SMILES string of the molecule is C#CCN1CC(=O)N2[C@@H](C(C)CC)C(=O)N(CCOCc3ccccc3F)C[C@@H]2N1C(=O)NCc1ccccc1. The minimum absolute atomic E-state index is 0.0581. The Kier molecular flexibility index (Phi) is 9.74. The number of urea groups is 1. The molecule has 2 heterocycles. The van der Waals surface area contributed by atoms with Crippen LogP contribution in [0.25, 0.3) is 0 Å². The van der Waals surface area contributed by atoms with Crippen LogP contribution in [0.3, 0.4) is 0 Å². The summed E-state index contributed by atoms with van der Waals surface area (Å²) in [6.45, 7) is 4.71. The molecular formula is C30H36FN5O4. The molecule has 3 atom stereocenters. The lowest BCUT2D eigenvalue weighted by molar-refractivity contribution is -0.192. The Morgan fingerprint density at radius 1 is 1.18 bits per heavy atom. The Hall–Kier alpha value is -3.94. The van der Waals surface area contributed by atoms with E-state index in [1.807, 2.05) is 44.2 Å². The molecule has 0 aliphatic carbocycles. The zero-order valence-corrected chi connectivity index (χ0v) is 23.0. The Balaban J connectivity index is 1.55. The van der Waals surface area contributed by atoms with Crippen molar-refractivity contribution in [2.24, 2.45) is 5.92 Å². The average Bonchev–Trinajstić information content (AvgIpc) is 2.96. The summed E-state index contributed by atoms with van der Waals surface area (Å²) >= 11 is 0. The second-order valence-corrected chi connectivity index (χ2v) is 10.1. The van der Waals surface area contributed by atoms with Gasteiger partial charge in [-0.2, -0.15) is 5.01 Å². The van der Waals surface area contributed by atoms with E-state index in [1.54, 1.807) is 33.0 Å². The van der Waals surface area contributed by atoms with Crippen LogP contribution in [0.2, 0.25) is 0 Å². The molecule has 40 heavy (non-hydrogen) atoms. The Morgan fingerprint density at radius 3 is 2.60 bits per heavy atom. The number of piperazine rings is 1. The van der Waals surface area contributed by atoms with Gasteiger partial charge >= 0.3 is 6.03 Å². The van der Waals surface area contributed by atoms with Crippen molar-refractivity contribution in [3.63, 3.8) is 0 Å². The van der Waals surface area contributed by atoms with Gasteiger partial charge in [0, 0.05) is 18.7 Å². The van der Waals surface area contributed by atoms with Crippen LogP contribution in [-0.4, -0.2) is 82.7 Å². The first-order valence-corrected chi connectivity index (χ1v) is 13.6. The van der Waals surface area contributed by atoms with Gasteiger partial charge in [0.05, 0.1) is 32.8 Å². The minimum atomic E-state index is -0.742. The van der Waals surface area contributed by atoms with Crippen molar-refractivity contribution in [2.45, 2.75) is 45.6 Å². The van der Waals surface area contributed by atoms with E-state index >= 15 is 0 Å². The number of rotatable bonds is 10. The van der Waals surface area contributed by atoms with Crippen LogP contribution in [0, 0.1) is 24.1 Å². The molecule has 0 saturated carbocycles. The third-order valence-corrected chi connectivity index (χ3v) is 7.43. The van der Waals surface area contributed by atoms with Gasteiger partial charge in [-0.15, -0.1) is 6.42 Å². The van der Waals surface area contributed by atoms with E-state index in [0.29, 0.717) is 18.5 Å². The predicted molar refractivity (Wildman–Crippen MR) is 147 cm³/mol. The largest absolute Gasteiger partial charge is 0.375 e. The molecule has 2 aromatic rings. The van der Waals surface area contributed by atoms with Crippen LogP contribution in [0.1, 0.15) is 31.4 Å². The quantitative estimate of drug-likeness (QED) is 0.364. The van der Waals surface area contributed by atoms with Crippen molar-refractivity contribution in [1.82, 2.24) is 25.1 Å². The van der Waals surface area contributed by atoms with Gasteiger partial charge in [0.2, 0.25) is 11.8 Å². The van der Waals surface area contributed by atoms with Crippen LogP contribution in [-0.2, 0) is 27.5 Å². The molecule has 2 fully saturated rings. The number of carbonyl (C=O) groups excluding carboxylic acids is 3. The number of fused-ring (bicyclic) bond motifs is 1. The fourth-order valence-electron chi connectivity index (χ4n) is 5.16. The van der Waals surface area contributed by atoms with E-state index in [4.69, 9.17) is 11.2 Å². The lowest BCUT2D eigenvalue weighted by Gasteiger charge is -2.55. The summed E-state index contributed by atoms with van der Waals surface area (Å²) in [7, 11) is 0. The molecular weight excluding hydrogens is 513 g/mol. The van der Waals surface area contributed by atoms with E-state index in [1.165, 1.54) is 11.1 Å². The van der Waals surface area contributed by atoms with Crippen LogP contribution in [0.5, 0.6) is 0 Å². The normalized spacial score (nSPS) is 20.2. The van der Waals surface area contributed by atoms with Gasteiger partial charge in [0.25, 0.3) is 0 Å². The van der Waals surface area contributed by atoms with Gasteiger partial charge in [-0.05, 0) is 17.5 Å². The number of ether oxygens (including phenoxy) is 1. The first-order valence-electron chi connectivity index (χ1n) is 13.6. The number of benzene rings is 2. The van der Waals surface area contributed by atoms with Crippen molar-refractivity contribution < 1.29 is 23.5 Å². The van der Waals surface area contributed by atoms with Crippen molar-refractivity contribution in [3.05, 3.63) is 71.5 Å². The maximum absolute atomic E-state index is 14.0. The second-order valence-electron chi connectivity index (χ2n) is 10.1. The lowest BCUT2D eigenvalue weighted by Crippen LogP contribution is -2.77. The number of nitrogens with one attached hydrogen (secondary N) is 1. The lowest BCUT2D eigenvalue weighted by atomic mass is 9.92. The fraction of sp³-hybridized carbons (Fsp3) is 0.433. The van der Waals surface area contributed by atoms with Gasteiger partial charge in [-0.1, -0.05) is 74.7 Å². The molecule has 212 valence electrons. The first kappa shape index (κ1) is 29.1. The van der Waals surface area contributed by atoms with Crippen molar-refractivity contribution >= 4 is 17.8 Å². The van der Waals surface area contributed by atoms with Gasteiger partial charge in [0.15, 0.2) is 0 Å². The van der Waals surface area contributed by atoms with E-state index in [0.717, 1.165) is 5.56 Å². The van der Waals surface area contributed by atoms with Crippen molar-refractivity contribution in [2.75, 3.05) is 32.8 Å². The smallest absolute Gasteiger partial charge is 0.334 e. The summed E-state index contributed by atoms with van der Waals surface area (Å²) in [6.07, 6.45) is 5.53. The summed E-state index contributed by atoms with van der Waals surface area (Å²) in [5.74, 6) is 1.61. The maximum Gasteiger partial charge on any atom is 0.334 e. The topological polar surface area (TPSA) is 85.4 Å². The number of hydrogen-bond acceptors (Lipinski definition) is 5. The average molecular weight is 550 g/mol. The van der Waals surface area contributed by atoms with Crippen LogP contribution in [0.4, 0.5) is 9.18 Å². The predicted octanol–water partition coefficient (Wildman–Crippen LogP) is 2.83. The summed E-state index contributed by atoms with van der Waals surface area (Å²) < 4.78 is 19.7. The molecule has 4 rings (SSSR count). The van der Waals surface area contributed by atoms with Crippen LogP contribution >= 0.6 is 0 Å². The molecule has 2 aromatic carbocycles. The molecule has 0 spiro atoms. The zero-order valence-electron chi connectivity index (χ0n) is 23.0. The van der Waals surface area contributed by atoms with Crippen molar-refractivity contribution in [1.29, 1.82) is 0 Å². The molecule has 1 N–H and O–H groups in total. The number of hydrazine groups is 1. The summed E-state index contributed by atoms with van der Waals surface area (Å²) in [5, 5.41) is 5.98. The molecule has 4 amide bonds. The Bertz CT molecular complexity index is 1240. The molecule has 0 radical (unpaired) electrons. The molecule has 2 saturated heterocycles. The monoisotopic (exact) mass is 549 g/mol. The highest BCUT2D eigenvalue weighted by atomic mass is 19.1. The molecule has 2 aliphatic heterocycles. The highest BCUT2D eigenvalue weighted by Gasteiger charge is 2.52. The minimum Gasteiger partial charge on any atom is -0.375 e.